The first-order chi connectivity index (χ1) is 6.81. The van der Waals surface area contributed by atoms with Gasteiger partial charge in [0.15, 0.2) is 0 Å². The maximum absolute atomic E-state index is 11.7. The smallest absolute Gasteiger partial charge is 0.410 e. The molecule has 2 atom stereocenters. The summed E-state index contributed by atoms with van der Waals surface area (Å²) in [4.78, 5) is 13.2. The number of aliphatic hydroxyl groups is 1. The standard InChI is InChI=1S/C11H21NO3/c1-11(2,3)15-10(14)12(4)8-6-5-7-9(8)13/h8-9,13H,5-7H2,1-4H3/t8-,9-/m0/s1. The van der Waals surface area contributed by atoms with Gasteiger partial charge in [0, 0.05) is 7.05 Å². The number of carbonyl (C=O) groups is 1. The second-order valence-corrected chi connectivity index (χ2v) is 5.16. The first kappa shape index (κ1) is 12.3. The van der Waals surface area contributed by atoms with Gasteiger partial charge in [0.1, 0.15) is 5.60 Å². The number of amides is 1. The molecule has 0 heterocycles. The maximum Gasteiger partial charge on any atom is 0.410 e. The van der Waals surface area contributed by atoms with Crippen LogP contribution in [0.5, 0.6) is 0 Å². The highest BCUT2D eigenvalue weighted by atomic mass is 16.6. The minimum absolute atomic E-state index is 0.0835. The summed E-state index contributed by atoms with van der Waals surface area (Å²) in [6, 6.07) is -0.0835. The lowest BCUT2D eigenvalue weighted by atomic mass is 10.2. The van der Waals surface area contributed by atoms with Gasteiger partial charge >= 0.3 is 6.09 Å². The number of rotatable bonds is 1. The van der Waals surface area contributed by atoms with Gasteiger partial charge in [0.2, 0.25) is 0 Å². The Morgan fingerprint density at radius 2 is 2.00 bits per heavy atom. The zero-order valence-electron chi connectivity index (χ0n) is 9.99. The average Bonchev–Trinajstić information content (AvgIpc) is 2.47. The Morgan fingerprint density at radius 1 is 1.40 bits per heavy atom. The number of aliphatic hydroxyl groups excluding tert-OH is 1. The third kappa shape index (κ3) is 3.38. The van der Waals surface area contributed by atoms with Gasteiger partial charge in [-0.1, -0.05) is 0 Å². The van der Waals surface area contributed by atoms with E-state index in [0.29, 0.717) is 0 Å². The maximum atomic E-state index is 11.7. The number of hydrogen-bond acceptors (Lipinski definition) is 3. The van der Waals surface area contributed by atoms with Crippen LogP contribution >= 0.6 is 0 Å². The largest absolute Gasteiger partial charge is 0.444 e. The molecule has 0 aliphatic heterocycles. The number of hydrogen-bond donors (Lipinski definition) is 1. The van der Waals surface area contributed by atoms with E-state index in [-0.39, 0.29) is 12.1 Å². The van der Waals surface area contributed by atoms with Crippen LogP contribution in [0.3, 0.4) is 0 Å². The molecule has 0 radical (unpaired) electrons. The molecule has 0 bridgehead atoms. The third-order valence-corrected chi connectivity index (χ3v) is 2.62. The van der Waals surface area contributed by atoms with Gasteiger partial charge in [-0.05, 0) is 40.0 Å². The SMILES string of the molecule is CN(C(=O)OC(C)(C)C)[C@H]1CCC[C@@H]1O. The van der Waals surface area contributed by atoms with Crippen LogP contribution in [0.25, 0.3) is 0 Å². The predicted molar refractivity (Wildman–Crippen MR) is 57.6 cm³/mol. The first-order valence-corrected chi connectivity index (χ1v) is 5.45. The van der Waals surface area contributed by atoms with Gasteiger partial charge in [-0.2, -0.15) is 0 Å². The molecule has 1 rings (SSSR count). The van der Waals surface area contributed by atoms with Crippen LogP contribution in [0.1, 0.15) is 40.0 Å². The van der Waals surface area contributed by atoms with Gasteiger partial charge in [0.05, 0.1) is 12.1 Å². The molecule has 1 fully saturated rings. The Labute approximate surface area is 91.2 Å². The Hall–Kier alpha value is -0.770. The van der Waals surface area contributed by atoms with E-state index < -0.39 is 11.7 Å². The predicted octanol–water partition coefficient (Wildman–Crippen LogP) is 1.77. The number of carbonyl (C=O) groups excluding carboxylic acids is 1. The summed E-state index contributed by atoms with van der Waals surface area (Å²) < 4.78 is 5.24. The summed E-state index contributed by atoms with van der Waals surface area (Å²) in [5.41, 5.74) is -0.477. The van der Waals surface area contributed by atoms with Crippen molar-refractivity contribution in [3.05, 3.63) is 0 Å². The summed E-state index contributed by atoms with van der Waals surface area (Å²) in [5.74, 6) is 0. The molecule has 4 heteroatoms. The molecule has 1 aliphatic rings. The van der Waals surface area contributed by atoms with Crippen molar-refractivity contribution in [1.82, 2.24) is 4.90 Å². The minimum Gasteiger partial charge on any atom is -0.444 e. The molecule has 0 aromatic carbocycles. The quantitative estimate of drug-likeness (QED) is 0.725. The van der Waals surface area contributed by atoms with Crippen LogP contribution in [-0.4, -0.2) is 40.9 Å². The van der Waals surface area contributed by atoms with Crippen LogP contribution in [-0.2, 0) is 4.74 Å². The van der Waals surface area contributed by atoms with E-state index in [0.717, 1.165) is 19.3 Å². The number of nitrogens with zero attached hydrogens (tertiary/aromatic N) is 1. The Balaban J connectivity index is 2.52. The molecule has 4 nitrogen and oxygen atoms in total. The summed E-state index contributed by atoms with van der Waals surface area (Å²) in [7, 11) is 1.69. The van der Waals surface area contributed by atoms with E-state index in [4.69, 9.17) is 4.74 Å². The van der Waals surface area contributed by atoms with E-state index >= 15 is 0 Å². The van der Waals surface area contributed by atoms with E-state index in [1.165, 1.54) is 4.90 Å². The lowest BCUT2D eigenvalue weighted by molar-refractivity contribution is 0.00834. The van der Waals surface area contributed by atoms with Crippen LogP contribution in [0.2, 0.25) is 0 Å². The van der Waals surface area contributed by atoms with Crippen LogP contribution in [0, 0.1) is 0 Å². The molecule has 1 aliphatic carbocycles. The summed E-state index contributed by atoms with van der Waals surface area (Å²) in [5, 5.41) is 9.66. The molecule has 1 amide bonds. The molecule has 1 saturated carbocycles. The van der Waals surface area contributed by atoms with Crippen molar-refractivity contribution in [2.75, 3.05) is 7.05 Å². The van der Waals surface area contributed by atoms with Crippen molar-refractivity contribution in [2.45, 2.75) is 57.8 Å². The number of likely N-dealkylation sites (N-methyl/N-ethyl adjacent to an activating group) is 1. The Bertz CT molecular complexity index is 234. The molecular formula is C11H21NO3. The zero-order valence-corrected chi connectivity index (χ0v) is 9.99. The molecule has 0 aromatic rings. The highest BCUT2D eigenvalue weighted by molar-refractivity contribution is 5.68. The van der Waals surface area contributed by atoms with Crippen molar-refractivity contribution in [3.8, 4) is 0 Å². The Kier molecular flexibility index (Phi) is 3.60. The topological polar surface area (TPSA) is 49.8 Å². The Morgan fingerprint density at radius 3 is 2.40 bits per heavy atom. The summed E-state index contributed by atoms with van der Waals surface area (Å²) in [6.07, 6.45) is 1.85. The van der Waals surface area contributed by atoms with Crippen LogP contribution in [0.4, 0.5) is 4.79 Å². The highest BCUT2D eigenvalue weighted by Gasteiger charge is 2.33. The number of ether oxygens (including phenoxy) is 1. The van der Waals surface area contributed by atoms with Crippen molar-refractivity contribution < 1.29 is 14.6 Å². The first-order valence-electron chi connectivity index (χ1n) is 5.45. The highest BCUT2D eigenvalue weighted by Crippen LogP contribution is 2.24. The van der Waals surface area contributed by atoms with E-state index in [1.807, 2.05) is 20.8 Å². The van der Waals surface area contributed by atoms with Crippen molar-refractivity contribution in [3.63, 3.8) is 0 Å². The fourth-order valence-corrected chi connectivity index (χ4v) is 1.84. The molecule has 88 valence electrons. The van der Waals surface area contributed by atoms with E-state index in [9.17, 15) is 9.90 Å². The van der Waals surface area contributed by atoms with Gasteiger partial charge in [-0.3, -0.25) is 0 Å². The molecule has 0 spiro atoms. The lowest BCUT2D eigenvalue weighted by Gasteiger charge is -2.30. The van der Waals surface area contributed by atoms with E-state index in [2.05, 4.69) is 0 Å². The fourth-order valence-electron chi connectivity index (χ4n) is 1.84. The van der Waals surface area contributed by atoms with Gasteiger partial charge in [-0.15, -0.1) is 0 Å². The van der Waals surface area contributed by atoms with Crippen molar-refractivity contribution in [1.29, 1.82) is 0 Å². The average molecular weight is 215 g/mol. The van der Waals surface area contributed by atoms with Gasteiger partial charge in [0.25, 0.3) is 0 Å². The lowest BCUT2D eigenvalue weighted by Crippen LogP contribution is -2.44. The molecular weight excluding hydrogens is 194 g/mol. The zero-order chi connectivity index (χ0) is 11.6. The second kappa shape index (κ2) is 4.39. The summed E-state index contributed by atoms with van der Waals surface area (Å²) in [6.45, 7) is 5.51. The minimum atomic E-state index is -0.477. The molecule has 0 unspecified atom stereocenters. The molecule has 15 heavy (non-hydrogen) atoms. The van der Waals surface area contributed by atoms with E-state index in [1.54, 1.807) is 7.05 Å². The van der Waals surface area contributed by atoms with Crippen molar-refractivity contribution in [2.24, 2.45) is 0 Å². The summed E-state index contributed by atoms with van der Waals surface area (Å²) >= 11 is 0. The monoisotopic (exact) mass is 215 g/mol. The van der Waals surface area contributed by atoms with Gasteiger partial charge in [-0.25, -0.2) is 4.79 Å². The fraction of sp³-hybridized carbons (Fsp3) is 0.909. The molecule has 1 N–H and O–H groups in total. The van der Waals surface area contributed by atoms with Gasteiger partial charge < -0.3 is 14.7 Å². The van der Waals surface area contributed by atoms with Crippen molar-refractivity contribution >= 4 is 6.09 Å². The molecule has 0 saturated heterocycles. The van der Waals surface area contributed by atoms with Crippen LogP contribution < -0.4 is 0 Å². The van der Waals surface area contributed by atoms with Crippen LogP contribution in [0.15, 0.2) is 0 Å². The molecule has 0 aromatic heterocycles. The normalized spacial score (nSPS) is 26.5. The third-order valence-electron chi connectivity index (χ3n) is 2.62. The second-order valence-electron chi connectivity index (χ2n) is 5.16.